The Labute approximate surface area is 155 Å². The standard InChI is InChI=1S/C21H16N6/c1-2-8-15(9-3-1)20-18(27-13-7-6-12-19(27)25-20)14-22-26-21-23-16-10-4-5-11-17(16)24-21/h1-14H,(H2,23,24,26). The van der Waals surface area contributed by atoms with Crippen LogP contribution >= 0.6 is 0 Å². The first-order chi connectivity index (χ1) is 13.4. The predicted octanol–water partition coefficient (Wildman–Crippen LogP) is 4.32. The van der Waals surface area contributed by atoms with E-state index >= 15 is 0 Å². The number of aromatic amines is 1. The molecule has 0 aliphatic heterocycles. The average Bonchev–Trinajstić information content (AvgIpc) is 3.30. The Morgan fingerprint density at radius 1 is 0.889 bits per heavy atom. The van der Waals surface area contributed by atoms with Gasteiger partial charge in [-0.2, -0.15) is 5.10 Å². The number of pyridine rings is 1. The summed E-state index contributed by atoms with van der Waals surface area (Å²) in [6.07, 6.45) is 3.76. The van der Waals surface area contributed by atoms with Gasteiger partial charge in [0.2, 0.25) is 5.95 Å². The molecule has 0 unspecified atom stereocenters. The number of hydrogen-bond acceptors (Lipinski definition) is 4. The molecule has 0 bridgehead atoms. The third-order valence-corrected chi connectivity index (χ3v) is 4.36. The van der Waals surface area contributed by atoms with Gasteiger partial charge in [-0.3, -0.25) is 4.40 Å². The SMILES string of the molecule is C(=NNc1nc2ccccc2[nH]1)c1c(-c2ccccc2)nc2ccccn12. The Hall–Kier alpha value is -3.93. The van der Waals surface area contributed by atoms with Crippen molar-refractivity contribution in [3.05, 3.63) is 84.7 Å². The fourth-order valence-electron chi connectivity index (χ4n) is 3.11. The number of H-pyrrole nitrogens is 1. The van der Waals surface area contributed by atoms with Crippen molar-refractivity contribution in [2.45, 2.75) is 0 Å². The molecule has 5 rings (SSSR count). The van der Waals surface area contributed by atoms with Gasteiger partial charge in [0.15, 0.2) is 0 Å². The highest BCUT2D eigenvalue weighted by Gasteiger charge is 2.12. The number of aromatic nitrogens is 4. The summed E-state index contributed by atoms with van der Waals surface area (Å²) in [5.74, 6) is 0.600. The van der Waals surface area contributed by atoms with Crippen LogP contribution in [0.25, 0.3) is 27.9 Å². The molecule has 27 heavy (non-hydrogen) atoms. The van der Waals surface area contributed by atoms with Crippen LogP contribution in [0, 0.1) is 0 Å². The lowest BCUT2D eigenvalue weighted by Gasteiger charge is -2.00. The number of nitrogens with one attached hydrogen (secondary N) is 2. The molecule has 6 heteroatoms. The van der Waals surface area contributed by atoms with Gasteiger partial charge < -0.3 is 4.98 Å². The van der Waals surface area contributed by atoms with Crippen molar-refractivity contribution in [3.63, 3.8) is 0 Å². The van der Waals surface area contributed by atoms with E-state index in [0.717, 1.165) is 33.6 Å². The molecule has 3 aromatic heterocycles. The molecule has 0 fully saturated rings. The molecule has 2 aromatic carbocycles. The summed E-state index contributed by atoms with van der Waals surface area (Å²) >= 11 is 0. The second-order valence-corrected chi connectivity index (χ2v) is 6.11. The minimum atomic E-state index is 0.600. The van der Waals surface area contributed by atoms with Crippen LogP contribution in [-0.2, 0) is 0 Å². The Kier molecular flexibility index (Phi) is 3.65. The van der Waals surface area contributed by atoms with Crippen molar-refractivity contribution in [1.82, 2.24) is 19.4 Å². The lowest BCUT2D eigenvalue weighted by molar-refractivity contribution is 1.16. The maximum atomic E-state index is 4.76. The summed E-state index contributed by atoms with van der Waals surface area (Å²) in [5.41, 5.74) is 8.56. The molecule has 0 spiro atoms. The Bertz CT molecular complexity index is 1220. The molecule has 130 valence electrons. The van der Waals surface area contributed by atoms with E-state index in [1.54, 1.807) is 6.21 Å². The third kappa shape index (κ3) is 2.83. The highest BCUT2D eigenvalue weighted by atomic mass is 15.4. The van der Waals surface area contributed by atoms with Gasteiger partial charge in [-0.05, 0) is 24.3 Å². The maximum absolute atomic E-state index is 4.76. The van der Waals surface area contributed by atoms with E-state index in [1.165, 1.54) is 0 Å². The number of imidazole rings is 2. The summed E-state index contributed by atoms with van der Waals surface area (Å²) in [6.45, 7) is 0. The van der Waals surface area contributed by atoms with Gasteiger partial charge in [0.05, 0.1) is 28.6 Å². The zero-order valence-corrected chi connectivity index (χ0v) is 14.4. The van der Waals surface area contributed by atoms with E-state index in [1.807, 2.05) is 83.4 Å². The topological polar surface area (TPSA) is 70.4 Å². The molecule has 0 amide bonds. The van der Waals surface area contributed by atoms with Crippen molar-refractivity contribution >= 4 is 28.8 Å². The predicted molar refractivity (Wildman–Crippen MR) is 108 cm³/mol. The summed E-state index contributed by atoms with van der Waals surface area (Å²) in [7, 11) is 0. The lowest BCUT2D eigenvalue weighted by atomic mass is 10.1. The molecule has 0 saturated carbocycles. The second-order valence-electron chi connectivity index (χ2n) is 6.11. The van der Waals surface area contributed by atoms with E-state index in [2.05, 4.69) is 20.5 Å². The van der Waals surface area contributed by atoms with Crippen LogP contribution in [0.2, 0.25) is 0 Å². The minimum absolute atomic E-state index is 0.600. The van der Waals surface area contributed by atoms with Crippen molar-refractivity contribution in [2.75, 3.05) is 5.43 Å². The highest BCUT2D eigenvalue weighted by Crippen LogP contribution is 2.23. The summed E-state index contributed by atoms with van der Waals surface area (Å²) in [5, 5.41) is 4.39. The largest absolute Gasteiger partial charge is 0.323 e. The summed E-state index contributed by atoms with van der Waals surface area (Å²) in [4.78, 5) is 12.4. The van der Waals surface area contributed by atoms with Gasteiger partial charge in [0, 0.05) is 11.8 Å². The average molecular weight is 352 g/mol. The molecule has 0 aliphatic carbocycles. The number of nitrogens with zero attached hydrogens (tertiary/aromatic N) is 4. The Balaban J connectivity index is 1.52. The second kappa shape index (κ2) is 6.42. The van der Waals surface area contributed by atoms with Crippen LogP contribution in [0.5, 0.6) is 0 Å². The monoisotopic (exact) mass is 352 g/mol. The fraction of sp³-hybridized carbons (Fsp3) is 0. The van der Waals surface area contributed by atoms with Crippen molar-refractivity contribution in [3.8, 4) is 11.3 Å². The molecule has 2 N–H and O–H groups in total. The molecule has 6 nitrogen and oxygen atoms in total. The molecule has 5 aromatic rings. The number of anilines is 1. The quantitative estimate of drug-likeness (QED) is 0.374. The molecular weight excluding hydrogens is 336 g/mol. The van der Waals surface area contributed by atoms with Gasteiger partial charge in [0.1, 0.15) is 5.65 Å². The lowest BCUT2D eigenvalue weighted by Crippen LogP contribution is -1.97. The van der Waals surface area contributed by atoms with E-state index in [-0.39, 0.29) is 0 Å². The first-order valence-corrected chi connectivity index (χ1v) is 8.65. The number of hydrazone groups is 1. The van der Waals surface area contributed by atoms with Crippen molar-refractivity contribution in [2.24, 2.45) is 5.10 Å². The molecule has 3 heterocycles. The molecular formula is C21H16N6. The van der Waals surface area contributed by atoms with Gasteiger partial charge in [-0.1, -0.05) is 48.5 Å². The highest BCUT2D eigenvalue weighted by molar-refractivity contribution is 5.89. The Morgan fingerprint density at radius 3 is 2.59 bits per heavy atom. The van der Waals surface area contributed by atoms with Gasteiger partial charge in [0.25, 0.3) is 0 Å². The van der Waals surface area contributed by atoms with Gasteiger partial charge in [-0.25, -0.2) is 15.4 Å². The van der Waals surface area contributed by atoms with Crippen LogP contribution < -0.4 is 5.43 Å². The summed E-state index contributed by atoms with van der Waals surface area (Å²) < 4.78 is 2.02. The van der Waals surface area contributed by atoms with Crippen LogP contribution in [-0.4, -0.2) is 25.6 Å². The van der Waals surface area contributed by atoms with E-state index in [0.29, 0.717) is 5.95 Å². The first-order valence-electron chi connectivity index (χ1n) is 8.65. The van der Waals surface area contributed by atoms with Crippen LogP contribution in [0.3, 0.4) is 0 Å². The zero-order chi connectivity index (χ0) is 18.1. The number of para-hydroxylation sites is 2. The zero-order valence-electron chi connectivity index (χ0n) is 14.4. The first kappa shape index (κ1) is 15.3. The number of rotatable bonds is 4. The molecule has 0 atom stereocenters. The number of benzene rings is 2. The smallest absolute Gasteiger partial charge is 0.222 e. The normalized spacial score (nSPS) is 11.6. The molecule has 0 saturated heterocycles. The third-order valence-electron chi connectivity index (χ3n) is 4.36. The summed E-state index contributed by atoms with van der Waals surface area (Å²) in [6, 6.07) is 23.9. The van der Waals surface area contributed by atoms with Crippen molar-refractivity contribution < 1.29 is 0 Å². The van der Waals surface area contributed by atoms with Crippen LogP contribution in [0.1, 0.15) is 5.69 Å². The van der Waals surface area contributed by atoms with Gasteiger partial charge >= 0.3 is 0 Å². The fourth-order valence-corrected chi connectivity index (χ4v) is 3.11. The number of hydrogen-bond donors (Lipinski definition) is 2. The van der Waals surface area contributed by atoms with E-state index < -0.39 is 0 Å². The maximum Gasteiger partial charge on any atom is 0.222 e. The van der Waals surface area contributed by atoms with E-state index in [4.69, 9.17) is 4.98 Å². The Morgan fingerprint density at radius 2 is 1.70 bits per heavy atom. The number of fused-ring (bicyclic) bond motifs is 2. The van der Waals surface area contributed by atoms with Crippen LogP contribution in [0.4, 0.5) is 5.95 Å². The molecule has 0 radical (unpaired) electrons. The van der Waals surface area contributed by atoms with Gasteiger partial charge in [-0.15, -0.1) is 0 Å². The molecule has 0 aliphatic rings. The minimum Gasteiger partial charge on any atom is -0.323 e. The van der Waals surface area contributed by atoms with Crippen molar-refractivity contribution in [1.29, 1.82) is 0 Å². The van der Waals surface area contributed by atoms with Crippen LogP contribution in [0.15, 0.2) is 84.1 Å². The van der Waals surface area contributed by atoms with E-state index in [9.17, 15) is 0 Å².